The maximum Gasteiger partial charge on any atom is 0.351 e. The zero-order chi connectivity index (χ0) is 12.9. The Bertz CT molecular complexity index is 506. The lowest BCUT2D eigenvalue weighted by Gasteiger charge is -2.04. The standard InChI is InChI=1S/C8H12N3O5P/c9-7-2-3-11(8(12)10-7)6-16-4-1-5-17(13,14)15/h1-3,5H,4,6H2,(H2,9,10,12)(H2,13,14,15)/b5-1+. The molecule has 0 aliphatic carbocycles. The summed E-state index contributed by atoms with van der Waals surface area (Å²) in [5, 5.41) is 0. The Balaban J connectivity index is 2.44. The Labute approximate surface area is 96.5 Å². The molecule has 0 spiro atoms. The molecule has 1 rings (SSSR count). The van der Waals surface area contributed by atoms with Crippen LogP contribution in [0, 0.1) is 0 Å². The molecule has 0 aliphatic heterocycles. The maximum absolute atomic E-state index is 11.2. The number of aromatic nitrogens is 2. The van der Waals surface area contributed by atoms with Crippen molar-refractivity contribution in [2.24, 2.45) is 0 Å². The minimum atomic E-state index is -4.15. The van der Waals surface area contributed by atoms with E-state index in [9.17, 15) is 9.36 Å². The van der Waals surface area contributed by atoms with Crippen molar-refractivity contribution >= 4 is 13.4 Å². The van der Waals surface area contributed by atoms with Gasteiger partial charge in [-0.15, -0.1) is 0 Å². The van der Waals surface area contributed by atoms with E-state index < -0.39 is 13.3 Å². The van der Waals surface area contributed by atoms with Crippen LogP contribution in [0.2, 0.25) is 0 Å². The number of hydrogen-bond donors (Lipinski definition) is 3. The Morgan fingerprint density at radius 3 is 2.88 bits per heavy atom. The topological polar surface area (TPSA) is 128 Å². The lowest BCUT2D eigenvalue weighted by atomic mass is 10.6. The first-order valence-corrected chi connectivity index (χ1v) is 6.20. The van der Waals surface area contributed by atoms with Crippen molar-refractivity contribution in [2.75, 3.05) is 12.3 Å². The molecule has 0 amide bonds. The summed E-state index contributed by atoms with van der Waals surface area (Å²) in [5.41, 5.74) is 4.74. The first-order valence-electron chi connectivity index (χ1n) is 4.52. The largest absolute Gasteiger partial charge is 0.383 e. The molecule has 1 aromatic heterocycles. The van der Waals surface area contributed by atoms with Gasteiger partial charge in [0.2, 0.25) is 0 Å². The molecule has 0 fully saturated rings. The van der Waals surface area contributed by atoms with Gasteiger partial charge in [0.1, 0.15) is 12.5 Å². The van der Waals surface area contributed by atoms with Gasteiger partial charge in [0, 0.05) is 12.0 Å². The summed E-state index contributed by atoms with van der Waals surface area (Å²) in [6, 6.07) is 1.44. The van der Waals surface area contributed by atoms with Crippen LogP contribution in [-0.2, 0) is 16.0 Å². The third-order valence-electron chi connectivity index (χ3n) is 1.64. The van der Waals surface area contributed by atoms with Crippen molar-refractivity contribution < 1.29 is 19.1 Å². The van der Waals surface area contributed by atoms with Gasteiger partial charge < -0.3 is 20.3 Å². The average molecular weight is 261 g/mol. The molecule has 1 aromatic rings. The molecule has 1 heterocycles. The molecule has 17 heavy (non-hydrogen) atoms. The number of ether oxygens (including phenoxy) is 1. The SMILES string of the molecule is Nc1ccn(COC/C=C/P(=O)(O)O)c(=O)n1. The monoisotopic (exact) mass is 261 g/mol. The van der Waals surface area contributed by atoms with E-state index in [4.69, 9.17) is 20.3 Å². The molecule has 0 atom stereocenters. The lowest BCUT2D eigenvalue weighted by molar-refractivity contribution is 0.0966. The second-order valence-electron chi connectivity index (χ2n) is 3.08. The summed E-state index contributed by atoms with van der Waals surface area (Å²) in [5.74, 6) is 0.851. The fraction of sp³-hybridized carbons (Fsp3) is 0.250. The third kappa shape index (κ3) is 5.41. The summed E-state index contributed by atoms with van der Waals surface area (Å²) in [7, 11) is -4.15. The van der Waals surface area contributed by atoms with Gasteiger partial charge in [-0.1, -0.05) is 6.08 Å². The zero-order valence-corrected chi connectivity index (χ0v) is 9.66. The molecule has 0 saturated heterocycles. The molecular formula is C8H12N3O5P. The summed E-state index contributed by atoms with van der Waals surface area (Å²) < 4.78 is 16.6. The predicted octanol–water partition coefficient (Wildman–Crippen LogP) is -0.509. The summed E-state index contributed by atoms with van der Waals surface area (Å²) in [6.45, 7) is -0.0977. The second kappa shape index (κ2) is 5.74. The van der Waals surface area contributed by atoms with Crippen LogP contribution in [0.25, 0.3) is 0 Å². The van der Waals surface area contributed by atoms with Crippen LogP contribution in [0.3, 0.4) is 0 Å². The van der Waals surface area contributed by atoms with Gasteiger partial charge in [0.15, 0.2) is 0 Å². The van der Waals surface area contributed by atoms with Crippen molar-refractivity contribution in [3.8, 4) is 0 Å². The molecule has 0 aliphatic rings. The van der Waals surface area contributed by atoms with Gasteiger partial charge in [-0.3, -0.25) is 9.13 Å². The number of anilines is 1. The predicted molar refractivity (Wildman–Crippen MR) is 60.0 cm³/mol. The van der Waals surface area contributed by atoms with Gasteiger partial charge in [-0.05, 0) is 6.07 Å². The highest BCUT2D eigenvalue weighted by atomic mass is 31.2. The smallest absolute Gasteiger partial charge is 0.351 e. The zero-order valence-electron chi connectivity index (χ0n) is 8.76. The molecule has 94 valence electrons. The molecule has 0 radical (unpaired) electrons. The van der Waals surface area contributed by atoms with Gasteiger partial charge in [-0.2, -0.15) is 4.98 Å². The minimum Gasteiger partial charge on any atom is -0.383 e. The Hall–Kier alpha value is -1.47. The normalized spacial score (nSPS) is 12.1. The average Bonchev–Trinajstić information content (AvgIpc) is 2.18. The minimum absolute atomic E-state index is 0.0259. The number of hydrogen-bond acceptors (Lipinski definition) is 5. The molecule has 0 bridgehead atoms. The van der Waals surface area contributed by atoms with Crippen molar-refractivity contribution in [3.63, 3.8) is 0 Å². The van der Waals surface area contributed by atoms with Crippen LogP contribution in [0.5, 0.6) is 0 Å². The van der Waals surface area contributed by atoms with Crippen molar-refractivity contribution in [1.82, 2.24) is 9.55 Å². The molecule has 0 unspecified atom stereocenters. The molecule has 0 saturated carbocycles. The first-order chi connectivity index (χ1) is 7.88. The Kier molecular flexibility index (Phi) is 4.59. The molecule has 4 N–H and O–H groups in total. The van der Waals surface area contributed by atoms with Crippen molar-refractivity contribution in [1.29, 1.82) is 0 Å². The van der Waals surface area contributed by atoms with E-state index in [0.29, 0.717) is 0 Å². The van der Waals surface area contributed by atoms with Gasteiger partial charge in [-0.25, -0.2) is 4.79 Å². The van der Waals surface area contributed by atoms with E-state index in [1.54, 1.807) is 0 Å². The van der Waals surface area contributed by atoms with Crippen LogP contribution in [0.4, 0.5) is 5.82 Å². The highest BCUT2D eigenvalue weighted by molar-refractivity contribution is 7.55. The van der Waals surface area contributed by atoms with E-state index in [2.05, 4.69) is 4.98 Å². The number of nitrogen functional groups attached to an aromatic ring is 1. The van der Waals surface area contributed by atoms with Crippen LogP contribution in [0.1, 0.15) is 0 Å². The lowest BCUT2D eigenvalue weighted by Crippen LogP contribution is -2.24. The molecule has 8 nitrogen and oxygen atoms in total. The van der Waals surface area contributed by atoms with Gasteiger partial charge in [0.05, 0.1) is 6.61 Å². The van der Waals surface area contributed by atoms with Gasteiger partial charge >= 0.3 is 13.3 Å². The summed E-state index contributed by atoms with van der Waals surface area (Å²) in [4.78, 5) is 31.7. The van der Waals surface area contributed by atoms with E-state index in [1.165, 1.54) is 22.9 Å². The molecule has 9 heteroatoms. The summed E-state index contributed by atoms with van der Waals surface area (Å²) in [6.07, 6.45) is 2.59. The quantitative estimate of drug-likeness (QED) is 0.481. The number of nitrogens with zero attached hydrogens (tertiary/aromatic N) is 2. The molecule has 0 aromatic carbocycles. The van der Waals surface area contributed by atoms with Crippen LogP contribution >= 0.6 is 7.60 Å². The van der Waals surface area contributed by atoms with Crippen molar-refractivity contribution in [2.45, 2.75) is 6.73 Å². The fourth-order valence-electron chi connectivity index (χ4n) is 0.940. The van der Waals surface area contributed by atoms with E-state index in [-0.39, 0.29) is 19.2 Å². The van der Waals surface area contributed by atoms with Crippen LogP contribution in [-0.4, -0.2) is 25.9 Å². The highest BCUT2D eigenvalue weighted by Crippen LogP contribution is 2.35. The van der Waals surface area contributed by atoms with Crippen LogP contribution in [0.15, 0.2) is 29.0 Å². The molecular weight excluding hydrogens is 249 g/mol. The Morgan fingerprint density at radius 2 is 2.29 bits per heavy atom. The van der Waals surface area contributed by atoms with Crippen molar-refractivity contribution in [3.05, 3.63) is 34.6 Å². The maximum atomic E-state index is 11.2. The third-order valence-corrected chi connectivity index (χ3v) is 2.24. The summed E-state index contributed by atoms with van der Waals surface area (Å²) >= 11 is 0. The Morgan fingerprint density at radius 1 is 1.59 bits per heavy atom. The first kappa shape index (κ1) is 13.6. The second-order valence-corrected chi connectivity index (χ2v) is 4.55. The number of nitrogens with two attached hydrogens (primary N) is 1. The van der Waals surface area contributed by atoms with E-state index in [0.717, 1.165) is 5.82 Å². The number of rotatable bonds is 5. The highest BCUT2D eigenvalue weighted by Gasteiger charge is 2.04. The van der Waals surface area contributed by atoms with Crippen LogP contribution < -0.4 is 11.4 Å². The van der Waals surface area contributed by atoms with Gasteiger partial charge in [0.25, 0.3) is 0 Å². The van der Waals surface area contributed by atoms with E-state index >= 15 is 0 Å². The van der Waals surface area contributed by atoms with E-state index in [1.807, 2.05) is 0 Å². The fourth-order valence-corrected chi connectivity index (χ4v) is 1.30.